The molecule has 18 heavy (non-hydrogen) atoms. The third-order valence-corrected chi connectivity index (χ3v) is 3.71. The van der Waals surface area contributed by atoms with Crippen LogP contribution in [0.5, 0.6) is 0 Å². The van der Waals surface area contributed by atoms with E-state index in [1.807, 2.05) is 30.3 Å². The number of aliphatic imine (C=N–C) groups is 3. The summed E-state index contributed by atoms with van der Waals surface area (Å²) in [7, 11) is 0. The summed E-state index contributed by atoms with van der Waals surface area (Å²) in [5.41, 5.74) is 5.57. The normalized spacial score (nSPS) is 33.5. The molecule has 1 aromatic carbocycles. The van der Waals surface area contributed by atoms with Crippen LogP contribution in [-0.4, -0.2) is 28.1 Å². The molecule has 5 nitrogen and oxygen atoms in total. The Morgan fingerprint density at radius 1 is 1.22 bits per heavy atom. The maximum atomic E-state index is 6.32. The monoisotopic (exact) mass is 281 g/mol. The molecule has 0 aliphatic carbocycles. The van der Waals surface area contributed by atoms with Crippen molar-refractivity contribution in [1.29, 1.82) is 0 Å². The summed E-state index contributed by atoms with van der Waals surface area (Å²) in [4.78, 5) is 12.5. The van der Waals surface area contributed by atoms with Crippen molar-refractivity contribution >= 4 is 40.5 Å². The predicted octanol–water partition coefficient (Wildman–Crippen LogP) is 1.26. The predicted molar refractivity (Wildman–Crippen MR) is 73.4 cm³/mol. The fourth-order valence-electron chi connectivity index (χ4n) is 1.78. The van der Waals surface area contributed by atoms with Gasteiger partial charge in [-0.1, -0.05) is 53.5 Å². The van der Waals surface area contributed by atoms with Crippen molar-refractivity contribution in [2.24, 2.45) is 20.7 Å². The first-order chi connectivity index (χ1) is 8.55. The van der Waals surface area contributed by atoms with Crippen molar-refractivity contribution in [3.63, 3.8) is 0 Å². The molecule has 2 aliphatic heterocycles. The van der Waals surface area contributed by atoms with E-state index in [1.54, 1.807) is 0 Å². The van der Waals surface area contributed by atoms with Gasteiger partial charge in [0.05, 0.1) is 6.34 Å². The second-order valence-corrected chi connectivity index (χ2v) is 4.89. The van der Waals surface area contributed by atoms with Gasteiger partial charge in [-0.2, -0.15) is 0 Å². The summed E-state index contributed by atoms with van der Waals surface area (Å²) >= 11 is 12.4. The zero-order valence-electron chi connectivity index (χ0n) is 9.14. The van der Waals surface area contributed by atoms with Gasteiger partial charge in [-0.25, -0.2) is 15.0 Å². The average molecular weight is 282 g/mol. The summed E-state index contributed by atoms with van der Waals surface area (Å²) < 4.78 is 0. The highest BCUT2D eigenvalue weighted by Crippen LogP contribution is 2.37. The maximum Gasteiger partial charge on any atom is 0.273 e. The van der Waals surface area contributed by atoms with Crippen molar-refractivity contribution < 1.29 is 0 Å². The first-order valence-corrected chi connectivity index (χ1v) is 6.00. The lowest BCUT2D eigenvalue weighted by Gasteiger charge is -2.35. The largest absolute Gasteiger partial charge is 0.348 e. The number of halogens is 2. The van der Waals surface area contributed by atoms with Crippen LogP contribution in [0.4, 0.5) is 0 Å². The summed E-state index contributed by atoms with van der Waals surface area (Å²) in [5.74, 6) is 0.414. The molecule has 3 rings (SSSR count). The van der Waals surface area contributed by atoms with E-state index in [2.05, 4.69) is 20.3 Å². The molecule has 2 unspecified atom stereocenters. The second kappa shape index (κ2) is 3.78. The first-order valence-electron chi connectivity index (χ1n) is 5.24. The number of benzene rings is 1. The van der Waals surface area contributed by atoms with Crippen molar-refractivity contribution in [1.82, 2.24) is 5.32 Å². The van der Waals surface area contributed by atoms with Crippen LogP contribution in [0.15, 0.2) is 45.3 Å². The van der Waals surface area contributed by atoms with E-state index < -0.39 is 10.8 Å². The lowest BCUT2D eigenvalue weighted by atomic mass is 10.1. The van der Waals surface area contributed by atoms with Crippen molar-refractivity contribution in [2.45, 2.75) is 10.8 Å². The quantitative estimate of drug-likeness (QED) is 0.601. The number of nitrogens with two attached hydrogens (primary N) is 1. The lowest BCUT2D eigenvalue weighted by molar-refractivity contribution is 0.424. The van der Waals surface area contributed by atoms with E-state index in [0.717, 1.165) is 5.56 Å². The molecule has 0 bridgehead atoms. The van der Waals surface area contributed by atoms with Gasteiger partial charge in [-0.05, 0) is 0 Å². The van der Waals surface area contributed by atoms with Crippen molar-refractivity contribution in [2.75, 3.05) is 0 Å². The minimum absolute atomic E-state index is 0.129. The Bertz CT molecular complexity index is 582. The first kappa shape index (κ1) is 11.6. The van der Waals surface area contributed by atoms with Crippen molar-refractivity contribution in [3.05, 3.63) is 35.9 Å². The van der Waals surface area contributed by atoms with E-state index in [-0.39, 0.29) is 5.17 Å². The molecule has 0 saturated heterocycles. The molecule has 2 atom stereocenters. The number of hydrogen-bond acceptors (Lipinski definition) is 5. The number of amidine groups is 1. The van der Waals surface area contributed by atoms with E-state index in [4.69, 9.17) is 28.9 Å². The maximum absolute atomic E-state index is 6.32. The second-order valence-electron chi connectivity index (χ2n) is 4.00. The average Bonchev–Trinajstić information content (AvgIpc) is 2.68. The van der Waals surface area contributed by atoms with Crippen molar-refractivity contribution in [3.8, 4) is 0 Å². The highest BCUT2D eigenvalue weighted by molar-refractivity contribution is 6.69. The molecule has 1 aromatic rings. The number of nitrogens with one attached hydrogen (secondary N) is 1. The van der Waals surface area contributed by atoms with E-state index in [9.17, 15) is 0 Å². The van der Waals surface area contributed by atoms with E-state index in [0.29, 0.717) is 5.84 Å². The standard InChI is InChI=1S/C11H9Cl2N5/c12-9-10(14)11(13,16-6-15-10)18-8(17-9)7-4-2-1-3-5-7/h1-6H,14H2,(H,15,16). The highest BCUT2D eigenvalue weighted by atomic mass is 35.5. The van der Waals surface area contributed by atoms with Gasteiger partial charge >= 0.3 is 0 Å². The van der Waals surface area contributed by atoms with Crippen LogP contribution in [-0.2, 0) is 0 Å². The smallest absolute Gasteiger partial charge is 0.273 e. The van der Waals surface area contributed by atoms with Crippen LogP contribution in [0.25, 0.3) is 0 Å². The number of alkyl halides is 1. The molecule has 7 heteroatoms. The van der Waals surface area contributed by atoms with Crippen LogP contribution in [0, 0.1) is 0 Å². The number of rotatable bonds is 1. The molecular weight excluding hydrogens is 273 g/mol. The molecule has 0 aromatic heterocycles. The Morgan fingerprint density at radius 2 is 1.94 bits per heavy atom. The van der Waals surface area contributed by atoms with Crippen LogP contribution >= 0.6 is 23.2 Å². The molecule has 0 fully saturated rings. The van der Waals surface area contributed by atoms with Gasteiger partial charge in [-0.3, -0.25) is 5.73 Å². The molecule has 3 N–H and O–H groups in total. The number of fused-ring (bicyclic) bond motifs is 1. The van der Waals surface area contributed by atoms with Crippen LogP contribution < -0.4 is 11.1 Å². The third-order valence-electron chi connectivity index (χ3n) is 2.85. The zero-order valence-corrected chi connectivity index (χ0v) is 10.7. The Balaban J connectivity index is 2.12. The number of nitrogens with zero attached hydrogens (tertiary/aromatic N) is 3. The molecule has 0 radical (unpaired) electrons. The fraction of sp³-hybridized carbons (Fsp3) is 0.182. The Morgan fingerprint density at radius 3 is 2.67 bits per heavy atom. The van der Waals surface area contributed by atoms with Gasteiger partial charge in [0.25, 0.3) is 5.12 Å². The summed E-state index contributed by atoms with van der Waals surface area (Å²) in [6.07, 6.45) is 1.39. The van der Waals surface area contributed by atoms with Gasteiger partial charge in [0.15, 0.2) is 11.0 Å². The van der Waals surface area contributed by atoms with Crippen LogP contribution in [0.1, 0.15) is 5.56 Å². The Kier molecular flexibility index (Phi) is 2.45. The highest BCUT2D eigenvalue weighted by Gasteiger charge is 2.57. The number of hydrogen-bond donors (Lipinski definition) is 2. The summed E-state index contributed by atoms with van der Waals surface area (Å²) in [5, 5.41) is 1.52. The lowest BCUT2D eigenvalue weighted by Crippen LogP contribution is -2.66. The minimum atomic E-state index is -1.39. The van der Waals surface area contributed by atoms with Gasteiger partial charge in [0.2, 0.25) is 5.66 Å². The molecule has 0 saturated carbocycles. The zero-order chi connectivity index (χ0) is 12.8. The van der Waals surface area contributed by atoms with Gasteiger partial charge in [0, 0.05) is 5.56 Å². The van der Waals surface area contributed by atoms with Gasteiger partial charge in [-0.15, -0.1) is 0 Å². The molecule has 0 spiro atoms. The molecule has 0 amide bonds. The Labute approximate surface area is 113 Å². The van der Waals surface area contributed by atoms with E-state index in [1.165, 1.54) is 6.34 Å². The van der Waals surface area contributed by atoms with E-state index >= 15 is 0 Å². The van der Waals surface area contributed by atoms with Crippen LogP contribution in [0.3, 0.4) is 0 Å². The fourth-order valence-corrected chi connectivity index (χ4v) is 2.37. The third kappa shape index (κ3) is 1.48. The summed E-state index contributed by atoms with van der Waals surface area (Å²) in [6, 6.07) is 9.38. The topological polar surface area (TPSA) is 75.1 Å². The minimum Gasteiger partial charge on any atom is -0.348 e. The Hall–Kier alpha value is -1.43. The van der Waals surface area contributed by atoms with Gasteiger partial charge < -0.3 is 5.32 Å². The van der Waals surface area contributed by atoms with Gasteiger partial charge in [0.1, 0.15) is 0 Å². The molecule has 2 heterocycles. The summed E-state index contributed by atoms with van der Waals surface area (Å²) in [6.45, 7) is 0. The molecule has 2 aliphatic rings. The SMILES string of the molecule is NC12NC=NC1(Cl)N=C(c1ccccc1)N=C2Cl. The van der Waals surface area contributed by atoms with Crippen LogP contribution in [0.2, 0.25) is 0 Å². The molecule has 92 valence electrons. The molecular formula is C11H9Cl2N5.